The van der Waals surface area contributed by atoms with E-state index in [1.165, 1.54) is 0 Å². The molecule has 3 heteroatoms. The highest BCUT2D eigenvalue weighted by molar-refractivity contribution is 14.1. The van der Waals surface area contributed by atoms with E-state index in [0.29, 0.717) is 11.4 Å². The Labute approximate surface area is 73.7 Å². The van der Waals surface area contributed by atoms with E-state index < -0.39 is 0 Å². The monoisotopic (exact) mass is 248 g/mol. The molecule has 0 aliphatic rings. The van der Waals surface area contributed by atoms with Crippen LogP contribution in [0.2, 0.25) is 0 Å². The molecule has 0 saturated carbocycles. The maximum Gasteiger partial charge on any atom is 0.0683 e. The minimum Gasteiger partial charge on any atom is -0.397 e. The van der Waals surface area contributed by atoms with Gasteiger partial charge in [0, 0.05) is 3.57 Å². The zero-order valence-electron chi connectivity index (χ0n) is 5.69. The summed E-state index contributed by atoms with van der Waals surface area (Å²) in [5, 5.41) is 0. The van der Waals surface area contributed by atoms with Gasteiger partial charge in [0.15, 0.2) is 0 Å². The summed E-state index contributed by atoms with van der Waals surface area (Å²) in [7, 11) is 0. The Morgan fingerprint density at radius 1 is 1.30 bits per heavy atom. The van der Waals surface area contributed by atoms with Gasteiger partial charge in [0.2, 0.25) is 0 Å². The van der Waals surface area contributed by atoms with E-state index in [0.717, 1.165) is 9.13 Å². The van der Waals surface area contributed by atoms with Crippen LogP contribution in [0.15, 0.2) is 12.1 Å². The Morgan fingerprint density at radius 3 is 2.40 bits per heavy atom. The lowest BCUT2D eigenvalue weighted by Gasteiger charge is -2.03. The van der Waals surface area contributed by atoms with E-state index in [4.69, 9.17) is 11.5 Å². The molecule has 4 N–H and O–H groups in total. The number of halogens is 1. The topological polar surface area (TPSA) is 52.0 Å². The first kappa shape index (κ1) is 7.65. The molecule has 0 aromatic heterocycles. The highest BCUT2D eigenvalue weighted by Crippen LogP contribution is 2.22. The zero-order valence-corrected chi connectivity index (χ0v) is 7.84. The van der Waals surface area contributed by atoms with Crippen molar-refractivity contribution >= 4 is 34.0 Å². The zero-order chi connectivity index (χ0) is 7.72. The molecule has 1 aromatic rings. The highest BCUT2D eigenvalue weighted by atomic mass is 127. The number of benzene rings is 1. The van der Waals surface area contributed by atoms with Crippen LogP contribution in [-0.2, 0) is 0 Å². The van der Waals surface area contributed by atoms with Gasteiger partial charge in [-0.1, -0.05) is 0 Å². The normalized spacial score (nSPS) is 9.80. The third-order valence-corrected chi connectivity index (χ3v) is 2.20. The average molecular weight is 248 g/mol. The van der Waals surface area contributed by atoms with Crippen molar-refractivity contribution in [3.05, 3.63) is 21.3 Å². The van der Waals surface area contributed by atoms with Gasteiger partial charge in [-0.15, -0.1) is 0 Å². The lowest BCUT2D eigenvalue weighted by atomic mass is 10.2. The first-order valence-electron chi connectivity index (χ1n) is 2.92. The number of aryl methyl sites for hydroxylation is 1. The maximum absolute atomic E-state index is 5.62. The van der Waals surface area contributed by atoms with Gasteiger partial charge in [-0.3, -0.25) is 0 Å². The molecule has 54 valence electrons. The molecule has 0 aliphatic carbocycles. The highest BCUT2D eigenvalue weighted by Gasteiger charge is 1.99. The third kappa shape index (κ3) is 1.34. The molecular formula is C7H9IN2. The van der Waals surface area contributed by atoms with Crippen LogP contribution in [0.3, 0.4) is 0 Å². The number of rotatable bonds is 0. The van der Waals surface area contributed by atoms with Crippen LogP contribution in [0.25, 0.3) is 0 Å². The first-order chi connectivity index (χ1) is 4.61. The van der Waals surface area contributed by atoms with E-state index in [1.807, 2.05) is 19.1 Å². The Balaban J connectivity index is 3.31. The minimum absolute atomic E-state index is 0.671. The smallest absolute Gasteiger partial charge is 0.0683 e. The molecule has 0 radical (unpaired) electrons. The van der Waals surface area contributed by atoms with Crippen molar-refractivity contribution in [1.82, 2.24) is 0 Å². The van der Waals surface area contributed by atoms with Crippen molar-refractivity contribution in [1.29, 1.82) is 0 Å². The van der Waals surface area contributed by atoms with Crippen molar-refractivity contribution in [3.8, 4) is 0 Å². The first-order valence-corrected chi connectivity index (χ1v) is 4.00. The van der Waals surface area contributed by atoms with Crippen LogP contribution in [0.4, 0.5) is 11.4 Å². The molecule has 0 unspecified atom stereocenters. The standard InChI is InChI=1S/C7H9IN2/c1-4-2-5(8)7(10)6(9)3-4/h2-3H,9-10H2,1H3. The Morgan fingerprint density at radius 2 is 1.90 bits per heavy atom. The predicted octanol–water partition coefficient (Wildman–Crippen LogP) is 1.76. The average Bonchev–Trinajstić information content (AvgIpc) is 1.82. The molecule has 0 aliphatic heterocycles. The van der Waals surface area contributed by atoms with Gasteiger partial charge >= 0.3 is 0 Å². The summed E-state index contributed by atoms with van der Waals surface area (Å²) in [4.78, 5) is 0. The van der Waals surface area contributed by atoms with E-state index in [1.54, 1.807) is 0 Å². The molecule has 0 heterocycles. The molecule has 0 amide bonds. The molecule has 0 spiro atoms. The van der Waals surface area contributed by atoms with Gasteiger partial charge in [-0.25, -0.2) is 0 Å². The summed E-state index contributed by atoms with van der Waals surface area (Å²) in [6, 6.07) is 3.88. The molecule has 0 fully saturated rings. The molecule has 10 heavy (non-hydrogen) atoms. The second kappa shape index (κ2) is 2.65. The Kier molecular flexibility index (Phi) is 2.03. The summed E-state index contributed by atoms with van der Waals surface area (Å²) >= 11 is 2.17. The SMILES string of the molecule is Cc1cc(N)c(N)c(I)c1. The molecule has 1 aromatic carbocycles. The summed E-state index contributed by atoms with van der Waals surface area (Å²) in [5.74, 6) is 0. The van der Waals surface area contributed by atoms with Crippen molar-refractivity contribution in [3.63, 3.8) is 0 Å². The second-order valence-corrected chi connectivity index (χ2v) is 3.41. The molecular weight excluding hydrogens is 239 g/mol. The Hall–Kier alpha value is -0.450. The molecule has 0 atom stereocenters. The molecule has 1 rings (SSSR count). The van der Waals surface area contributed by atoms with Crippen molar-refractivity contribution in [2.75, 3.05) is 11.5 Å². The molecule has 2 nitrogen and oxygen atoms in total. The number of anilines is 2. The van der Waals surface area contributed by atoms with Crippen molar-refractivity contribution in [2.45, 2.75) is 6.92 Å². The third-order valence-electron chi connectivity index (χ3n) is 1.31. The van der Waals surface area contributed by atoms with E-state index in [-0.39, 0.29) is 0 Å². The number of nitrogen functional groups attached to an aromatic ring is 2. The van der Waals surface area contributed by atoms with Gasteiger partial charge in [-0.05, 0) is 47.2 Å². The van der Waals surface area contributed by atoms with Gasteiger partial charge in [0.25, 0.3) is 0 Å². The quantitative estimate of drug-likeness (QED) is 0.543. The van der Waals surface area contributed by atoms with Gasteiger partial charge in [0.05, 0.1) is 11.4 Å². The summed E-state index contributed by atoms with van der Waals surface area (Å²) in [6.07, 6.45) is 0. The number of hydrogen-bond donors (Lipinski definition) is 2. The number of hydrogen-bond acceptors (Lipinski definition) is 2. The van der Waals surface area contributed by atoms with Crippen LogP contribution < -0.4 is 11.5 Å². The summed E-state index contributed by atoms with van der Waals surface area (Å²) < 4.78 is 1.02. The van der Waals surface area contributed by atoms with Crippen molar-refractivity contribution < 1.29 is 0 Å². The Bertz CT molecular complexity index is 235. The summed E-state index contributed by atoms with van der Waals surface area (Å²) in [5.41, 5.74) is 13.7. The lowest BCUT2D eigenvalue weighted by Crippen LogP contribution is -1.97. The fourth-order valence-corrected chi connectivity index (χ4v) is 1.58. The van der Waals surface area contributed by atoms with E-state index >= 15 is 0 Å². The van der Waals surface area contributed by atoms with Crippen LogP contribution in [0.5, 0.6) is 0 Å². The second-order valence-electron chi connectivity index (χ2n) is 2.25. The fraction of sp³-hybridized carbons (Fsp3) is 0.143. The maximum atomic E-state index is 5.62. The van der Waals surface area contributed by atoms with Crippen LogP contribution >= 0.6 is 22.6 Å². The van der Waals surface area contributed by atoms with Crippen LogP contribution in [-0.4, -0.2) is 0 Å². The largest absolute Gasteiger partial charge is 0.397 e. The van der Waals surface area contributed by atoms with E-state index in [9.17, 15) is 0 Å². The summed E-state index contributed by atoms with van der Waals surface area (Å²) in [6.45, 7) is 2.00. The fourth-order valence-electron chi connectivity index (χ4n) is 0.780. The number of nitrogens with two attached hydrogens (primary N) is 2. The van der Waals surface area contributed by atoms with Crippen molar-refractivity contribution in [2.24, 2.45) is 0 Å². The van der Waals surface area contributed by atoms with E-state index in [2.05, 4.69) is 22.6 Å². The van der Waals surface area contributed by atoms with Gasteiger partial charge in [0.1, 0.15) is 0 Å². The minimum atomic E-state index is 0.671. The van der Waals surface area contributed by atoms with Gasteiger partial charge < -0.3 is 11.5 Å². The lowest BCUT2D eigenvalue weighted by molar-refractivity contribution is 1.45. The van der Waals surface area contributed by atoms with Crippen LogP contribution in [0, 0.1) is 10.5 Å². The molecule has 0 bridgehead atoms. The van der Waals surface area contributed by atoms with Crippen LogP contribution in [0.1, 0.15) is 5.56 Å². The molecule has 0 saturated heterocycles. The predicted molar refractivity (Wildman–Crippen MR) is 52.7 cm³/mol. The van der Waals surface area contributed by atoms with Gasteiger partial charge in [-0.2, -0.15) is 0 Å².